The average molecular weight is 215 g/mol. The molecule has 3 N–H and O–H groups in total. The van der Waals surface area contributed by atoms with E-state index in [0.717, 1.165) is 0 Å². The van der Waals surface area contributed by atoms with Crippen LogP contribution in [0.1, 0.15) is 0 Å². The second-order valence-corrected chi connectivity index (χ2v) is 1.86. The van der Waals surface area contributed by atoms with E-state index in [2.05, 4.69) is 15.2 Å². The topological polar surface area (TPSA) is 126 Å². The normalized spacial score (nSPS) is 19.6. The van der Waals surface area contributed by atoms with Crippen LogP contribution in [0.15, 0.2) is 15.2 Å². The second-order valence-electron chi connectivity index (χ2n) is 1.86. The zero-order chi connectivity index (χ0) is 11.4. The number of hydrogen-bond acceptors (Lipinski definition) is 6. The number of nitrogens with zero attached hydrogens (tertiary/aromatic N) is 4. The lowest BCUT2D eigenvalue weighted by Gasteiger charge is -2.05. The van der Waals surface area contributed by atoms with Crippen LogP contribution in [-0.4, -0.2) is 28.6 Å². The molecule has 0 aliphatic carbocycles. The van der Waals surface area contributed by atoms with Gasteiger partial charge in [-0.15, -0.1) is 20.3 Å². The van der Waals surface area contributed by atoms with Gasteiger partial charge in [-0.2, -0.15) is 13.2 Å². The van der Waals surface area contributed by atoms with Crippen LogP contribution < -0.4 is 5.73 Å². The summed E-state index contributed by atoms with van der Waals surface area (Å²) in [5, 5.41) is 19.3. The van der Waals surface area contributed by atoms with Crippen LogP contribution in [0.25, 0.3) is 0 Å². The van der Waals surface area contributed by atoms with E-state index in [1.165, 1.54) is 0 Å². The van der Waals surface area contributed by atoms with Gasteiger partial charge in [-0.25, -0.2) is 4.99 Å². The van der Waals surface area contributed by atoms with Crippen molar-refractivity contribution >= 4 is 5.96 Å². The molecule has 0 fully saturated rings. The van der Waals surface area contributed by atoms with Crippen LogP contribution in [-0.2, 0) is 0 Å². The Bertz CT molecular complexity index is 269. The maximum absolute atomic E-state index is 11.6. The van der Waals surface area contributed by atoms with Crippen molar-refractivity contribution in [1.29, 1.82) is 0 Å². The molecule has 8 nitrogen and oxygen atoms in total. The Kier molecular flexibility index (Phi) is 3.74. The predicted octanol–water partition coefficient (Wildman–Crippen LogP) is 0.308. The number of rotatable bonds is 0. The summed E-state index contributed by atoms with van der Waals surface area (Å²) >= 11 is 0. The molecular formula is C3H4F3N5O3. The lowest BCUT2D eigenvalue weighted by atomic mass is 10.5. The van der Waals surface area contributed by atoms with Gasteiger partial charge < -0.3 is 10.9 Å². The minimum Gasteiger partial charge on any atom is -0.367 e. The zero-order valence-corrected chi connectivity index (χ0v) is 6.34. The molecule has 1 aliphatic heterocycles. The summed E-state index contributed by atoms with van der Waals surface area (Å²) in [6, 6.07) is 0. The first kappa shape index (κ1) is 12.1. The van der Waals surface area contributed by atoms with Crippen molar-refractivity contribution in [3.8, 4) is 0 Å². The van der Waals surface area contributed by atoms with Crippen molar-refractivity contribution in [3.63, 3.8) is 0 Å². The number of hydrogen-bond donors (Lipinski definition) is 2. The molecule has 11 heteroatoms. The smallest absolute Gasteiger partial charge is 0.367 e. The summed E-state index contributed by atoms with van der Waals surface area (Å²) < 4.78 is 34.9. The third-order valence-corrected chi connectivity index (χ3v) is 0.817. The maximum Gasteiger partial charge on any atom is 0.433 e. The Balaban J connectivity index is 0.000000364. The monoisotopic (exact) mass is 215 g/mol. The number of aliphatic imine (C=N–C) groups is 1. The maximum atomic E-state index is 11.6. The summed E-state index contributed by atoms with van der Waals surface area (Å²) in [5.41, 5.74) is 4.81. The van der Waals surface area contributed by atoms with Gasteiger partial charge in [-0.1, -0.05) is 0 Å². The van der Waals surface area contributed by atoms with Crippen LogP contribution in [0.2, 0.25) is 0 Å². The van der Waals surface area contributed by atoms with E-state index in [1.807, 2.05) is 0 Å². The van der Waals surface area contributed by atoms with Crippen molar-refractivity contribution in [1.82, 2.24) is 0 Å². The first-order valence-electron chi connectivity index (χ1n) is 2.87. The quantitative estimate of drug-likeness (QED) is 0.445. The Labute approximate surface area is 74.0 Å². The summed E-state index contributed by atoms with van der Waals surface area (Å²) in [5.74, 6) is -0.428. The van der Waals surface area contributed by atoms with Crippen molar-refractivity contribution in [3.05, 3.63) is 10.1 Å². The highest BCUT2D eigenvalue weighted by Crippen LogP contribution is 2.25. The second kappa shape index (κ2) is 4.34. The first-order valence-corrected chi connectivity index (χ1v) is 2.87. The standard InChI is InChI=1S/C3H3F3N4.HNO3/c4-3(5,6)1-8-2(7)10-9-1;2-1(3)4/h1H,(H2,7,8);(H,2,3,4). The third kappa shape index (κ3) is 4.84. The molecule has 0 spiro atoms. The number of guanidine groups is 1. The third-order valence-electron chi connectivity index (χ3n) is 0.817. The minimum absolute atomic E-state index is 0.428. The van der Waals surface area contributed by atoms with Crippen LogP contribution in [0.5, 0.6) is 0 Å². The van der Waals surface area contributed by atoms with Crippen molar-refractivity contribution in [2.75, 3.05) is 0 Å². The van der Waals surface area contributed by atoms with Gasteiger partial charge in [0.15, 0.2) is 0 Å². The molecule has 0 saturated carbocycles. The molecule has 0 aromatic carbocycles. The molecule has 0 aromatic heterocycles. The van der Waals surface area contributed by atoms with Gasteiger partial charge in [0.05, 0.1) is 0 Å². The molecule has 1 unspecified atom stereocenters. The van der Waals surface area contributed by atoms with Gasteiger partial charge in [0.1, 0.15) is 0 Å². The van der Waals surface area contributed by atoms with Gasteiger partial charge in [0.25, 0.3) is 11.3 Å². The summed E-state index contributed by atoms with van der Waals surface area (Å²) in [7, 11) is 0. The Morgan fingerprint density at radius 1 is 1.57 bits per heavy atom. The predicted molar refractivity (Wildman–Crippen MR) is 35.1 cm³/mol. The van der Waals surface area contributed by atoms with Crippen LogP contribution >= 0.6 is 0 Å². The average Bonchev–Trinajstić information content (AvgIpc) is 2.32. The lowest BCUT2D eigenvalue weighted by molar-refractivity contribution is -0.742. The number of alkyl halides is 3. The first-order chi connectivity index (χ1) is 6.23. The van der Waals surface area contributed by atoms with Gasteiger partial charge in [0, 0.05) is 0 Å². The van der Waals surface area contributed by atoms with E-state index < -0.39 is 23.4 Å². The molecule has 14 heavy (non-hydrogen) atoms. The van der Waals surface area contributed by atoms with Crippen molar-refractivity contribution in [2.24, 2.45) is 21.0 Å². The molecule has 1 heterocycles. The molecule has 0 radical (unpaired) electrons. The molecule has 80 valence electrons. The van der Waals surface area contributed by atoms with E-state index in [-0.39, 0.29) is 0 Å². The van der Waals surface area contributed by atoms with Gasteiger partial charge in [-0.3, -0.25) is 0 Å². The van der Waals surface area contributed by atoms with Crippen LogP contribution in [0.3, 0.4) is 0 Å². The highest BCUT2D eigenvalue weighted by atomic mass is 19.4. The molecule has 0 aromatic rings. The molecular weight excluding hydrogens is 211 g/mol. The van der Waals surface area contributed by atoms with Gasteiger partial charge in [0.2, 0.25) is 5.96 Å². The summed E-state index contributed by atoms with van der Waals surface area (Å²) in [4.78, 5) is 11.3. The van der Waals surface area contributed by atoms with Crippen LogP contribution in [0, 0.1) is 10.1 Å². The minimum atomic E-state index is -4.47. The molecule has 0 bridgehead atoms. The molecule has 1 aliphatic rings. The highest BCUT2D eigenvalue weighted by molar-refractivity contribution is 5.79. The SMILES string of the molecule is NC1=NC(C(F)(F)F)N=N1.O=[N+]([O-])O. The van der Waals surface area contributed by atoms with Crippen molar-refractivity contribution < 1.29 is 23.5 Å². The lowest BCUT2D eigenvalue weighted by Crippen LogP contribution is -2.23. The largest absolute Gasteiger partial charge is 0.433 e. The number of azo groups is 1. The van der Waals surface area contributed by atoms with E-state index in [9.17, 15) is 13.2 Å². The van der Waals surface area contributed by atoms with E-state index >= 15 is 0 Å². The van der Waals surface area contributed by atoms with E-state index in [4.69, 9.17) is 21.1 Å². The number of nitrogens with two attached hydrogens (primary N) is 1. The van der Waals surface area contributed by atoms with Gasteiger partial charge in [-0.05, 0) is 0 Å². The summed E-state index contributed by atoms with van der Waals surface area (Å²) in [6.45, 7) is 0. The molecule has 1 atom stereocenters. The Hall–Kier alpha value is -1.94. The zero-order valence-electron chi connectivity index (χ0n) is 6.34. The van der Waals surface area contributed by atoms with E-state index in [1.54, 1.807) is 0 Å². The number of halogens is 3. The van der Waals surface area contributed by atoms with Crippen molar-refractivity contribution in [2.45, 2.75) is 12.3 Å². The fraction of sp³-hybridized carbons (Fsp3) is 0.667. The van der Waals surface area contributed by atoms with E-state index in [0.29, 0.717) is 0 Å². The fourth-order valence-electron chi connectivity index (χ4n) is 0.429. The van der Waals surface area contributed by atoms with Gasteiger partial charge >= 0.3 is 6.18 Å². The Morgan fingerprint density at radius 3 is 2.14 bits per heavy atom. The molecule has 0 amide bonds. The molecule has 1 rings (SSSR count). The summed E-state index contributed by atoms with van der Waals surface area (Å²) in [6.07, 6.45) is -6.56. The fourth-order valence-corrected chi connectivity index (χ4v) is 0.429. The van der Waals surface area contributed by atoms with Crippen LogP contribution in [0.4, 0.5) is 13.2 Å². The Morgan fingerprint density at radius 2 is 2.00 bits per heavy atom. The highest BCUT2D eigenvalue weighted by Gasteiger charge is 2.42. The molecule has 0 saturated heterocycles.